The number of ketones is 2. The van der Waals surface area contributed by atoms with Crippen molar-refractivity contribution in [2.24, 2.45) is 0 Å². The Hall–Kier alpha value is -2.82. The lowest BCUT2D eigenvalue weighted by Gasteiger charge is -2.21. The average Bonchev–Trinajstić information content (AvgIpc) is 2.43. The molecule has 2 aromatic carbocycles. The van der Waals surface area contributed by atoms with Gasteiger partial charge in [0.1, 0.15) is 5.75 Å². The van der Waals surface area contributed by atoms with E-state index in [4.69, 9.17) is 4.74 Å². The van der Waals surface area contributed by atoms with Crippen LogP contribution in [0.25, 0.3) is 0 Å². The number of phenols is 2. The van der Waals surface area contributed by atoms with Gasteiger partial charge in [0.05, 0.1) is 18.2 Å². The minimum absolute atomic E-state index is 0.0193. The zero-order chi connectivity index (χ0) is 15.3. The molecule has 0 aromatic heterocycles. The highest BCUT2D eigenvalue weighted by atomic mass is 16.5. The van der Waals surface area contributed by atoms with Gasteiger partial charge in [-0.2, -0.15) is 0 Å². The normalized spacial score (nSPS) is 12.9. The predicted octanol–water partition coefficient (Wildman–Crippen LogP) is 2.19. The highest BCUT2D eigenvalue weighted by Gasteiger charge is 2.35. The van der Waals surface area contributed by atoms with Gasteiger partial charge in [0, 0.05) is 11.1 Å². The predicted molar refractivity (Wildman–Crippen MR) is 74.4 cm³/mol. The second-order valence-corrected chi connectivity index (χ2v) is 4.91. The number of carbonyl (C=O) groups excluding carboxylic acids is 2. The first-order valence-electron chi connectivity index (χ1n) is 6.28. The van der Waals surface area contributed by atoms with Crippen LogP contribution in [0.5, 0.6) is 17.2 Å². The van der Waals surface area contributed by atoms with E-state index in [0.717, 1.165) is 0 Å². The van der Waals surface area contributed by atoms with Crippen LogP contribution in [-0.2, 0) is 0 Å². The van der Waals surface area contributed by atoms with Crippen LogP contribution in [0.1, 0.15) is 37.4 Å². The van der Waals surface area contributed by atoms with Crippen LogP contribution < -0.4 is 4.74 Å². The van der Waals surface area contributed by atoms with E-state index in [0.29, 0.717) is 5.56 Å². The van der Waals surface area contributed by atoms with Gasteiger partial charge >= 0.3 is 0 Å². The van der Waals surface area contributed by atoms with Gasteiger partial charge in [0.25, 0.3) is 0 Å². The molecule has 0 saturated heterocycles. The molecule has 5 nitrogen and oxygen atoms in total. The number of methoxy groups -OCH3 is 1. The third-order valence-electron chi connectivity index (χ3n) is 3.55. The lowest BCUT2D eigenvalue weighted by Crippen LogP contribution is -2.22. The van der Waals surface area contributed by atoms with Crippen molar-refractivity contribution in [2.75, 3.05) is 7.11 Å². The summed E-state index contributed by atoms with van der Waals surface area (Å²) in [6.07, 6.45) is 0. The smallest absolute Gasteiger partial charge is 0.202 e. The number of fused-ring (bicyclic) bond motifs is 2. The maximum absolute atomic E-state index is 12.6. The van der Waals surface area contributed by atoms with Crippen LogP contribution >= 0.6 is 0 Å². The number of carbonyl (C=O) groups is 2. The highest BCUT2D eigenvalue weighted by molar-refractivity contribution is 6.30. The van der Waals surface area contributed by atoms with E-state index < -0.39 is 5.78 Å². The summed E-state index contributed by atoms with van der Waals surface area (Å²) in [6.45, 7) is 1.73. The van der Waals surface area contributed by atoms with Crippen LogP contribution in [0.2, 0.25) is 0 Å². The fourth-order valence-electron chi connectivity index (χ4n) is 2.65. The standard InChI is InChI=1S/C16H12O5/c1-7-5-9-12(11(18)6-7)15(20)13-8(14(9)19)3-4-10(17)16(13)21-2/h3-6,17-18H,1-2H3. The number of aryl methyl sites for hydroxylation is 1. The van der Waals surface area contributed by atoms with E-state index in [2.05, 4.69) is 0 Å². The second kappa shape index (κ2) is 4.34. The van der Waals surface area contributed by atoms with Crippen molar-refractivity contribution >= 4 is 11.6 Å². The summed E-state index contributed by atoms with van der Waals surface area (Å²) in [5.41, 5.74) is 0.933. The van der Waals surface area contributed by atoms with E-state index in [1.807, 2.05) is 0 Å². The van der Waals surface area contributed by atoms with Crippen LogP contribution in [0, 0.1) is 6.92 Å². The molecule has 5 heteroatoms. The number of ether oxygens (including phenoxy) is 1. The van der Waals surface area contributed by atoms with Gasteiger partial charge in [-0.05, 0) is 36.8 Å². The Kier molecular flexibility index (Phi) is 2.73. The van der Waals surface area contributed by atoms with Gasteiger partial charge in [0.15, 0.2) is 17.3 Å². The third-order valence-corrected chi connectivity index (χ3v) is 3.55. The molecule has 2 N–H and O–H groups in total. The molecule has 1 aliphatic carbocycles. The van der Waals surface area contributed by atoms with Gasteiger partial charge in [-0.15, -0.1) is 0 Å². The van der Waals surface area contributed by atoms with Crippen molar-refractivity contribution in [3.63, 3.8) is 0 Å². The molecule has 21 heavy (non-hydrogen) atoms. The highest BCUT2D eigenvalue weighted by Crippen LogP contribution is 2.41. The van der Waals surface area contributed by atoms with Gasteiger partial charge in [-0.3, -0.25) is 9.59 Å². The summed E-state index contributed by atoms with van der Waals surface area (Å²) < 4.78 is 5.04. The summed E-state index contributed by atoms with van der Waals surface area (Å²) in [7, 11) is 1.30. The molecule has 0 radical (unpaired) electrons. The van der Waals surface area contributed by atoms with E-state index in [-0.39, 0.29) is 45.3 Å². The molecule has 0 unspecified atom stereocenters. The van der Waals surface area contributed by atoms with Crippen molar-refractivity contribution in [3.8, 4) is 17.2 Å². The van der Waals surface area contributed by atoms with Crippen molar-refractivity contribution in [1.82, 2.24) is 0 Å². The molecule has 0 heterocycles. The monoisotopic (exact) mass is 284 g/mol. The topological polar surface area (TPSA) is 83.8 Å². The second-order valence-electron chi connectivity index (χ2n) is 4.91. The van der Waals surface area contributed by atoms with Crippen molar-refractivity contribution in [1.29, 1.82) is 0 Å². The minimum Gasteiger partial charge on any atom is -0.507 e. The van der Waals surface area contributed by atoms with Crippen molar-refractivity contribution in [2.45, 2.75) is 6.92 Å². The molecule has 0 spiro atoms. The van der Waals surface area contributed by atoms with Crippen LogP contribution in [0.15, 0.2) is 24.3 Å². The molecule has 0 bridgehead atoms. The van der Waals surface area contributed by atoms with E-state index in [9.17, 15) is 19.8 Å². The molecular weight excluding hydrogens is 272 g/mol. The Morgan fingerprint density at radius 3 is 2.29 bits per heavy atom. The molecule has 3 rings (SSSR count). The van der Waals surface area contributed by atoms with E-state index in [1.165, 1.54) is 25.3 Å². The first-order chi connectivity index (χ1) is 9.95. The molecule has 2 aromatic rings. The lowest BCUT2D eigenvalue weighted by atomic mass is 9.82. The van der Waals surface area contributed by atoms with Gasteiger partial charge in [0.2, 0.25) is 5.78 Å². The van der Waals surface area contributed by atoms with Crippen LogP contribution in [-0.4, -0.2) is 28.9 Å². The van der Waals surface area contributed by atoms with Crippen LogP contribution in [0.3, 0.4) is 0 Å². The van der Waals surface area contributed by atoms with E-state index >= 15 is 0 Å². The van der Waals surface area contributed by atoms with Crippen LogP contribution in [0.4, 0.5) is 0 Å². The van der Waals surface area contributed by atoms with Gasteiger partial charge in [-0.1, -0.05) is 0 Å². The summed E-state index contributed by atoms with van der Waals surface area (Å²) in [6, 6.07) is 5.68. The first-order valence-corrected chi connectivity index (χ1v) is 6.28. The first kappa shape index (κ1) is 13.2. The Labute approximate surface area is 120 Å². The Bertz CT molecular complexity index is 805. The number of hydrogen-bond donors (Lipinski definition) is 2. The summed E-state index contributed by atoms with van der Waals surface area (Å²) in [5.74, 6) is -1.45. The average molecular weight is 284 g/mol. The van der Waals surface area contributed by atoms with Crippen molar-refractivity contribution in [3.05, 3.63) is 52.1 Å². The summed E-state index contributed by atoms with van der Waals surface area (Å²) >= 11 is 0. The Balaban J connectivity index is 2.39. The third kappa shape index (κ3) is 1.71. The summed E-state index contributed by atoms with van der Waals surface area (Å²) in [4.78, 5) is 25.2. The number of benzene rings is 2. The fourth-order valence-corrected chi connectivity index (χ4v) is 2.65. The Morgan fingerprint density at radius 1 is 0.905 bits per heavy atom. The molecule has 0 aliphatic heterocycles. The molecule has 0 saturated carbocycles. The molecular formula is C16H12O5. The van der Waals surface area contributed by atoms with E-state index in [1.54, 1.807) is 13.0 Å². The SMILES string of the molecule is COc1c(O)ccc2c1C(=O)c1c(O)cc(C)cc1C2=O. The van der Waals surface area contributed by atoms with Gasteiger partial charge < -0.3 is 14.9 Å². The molecule has 0 fully saturated rings. The zero-order valence-corrected chi connectivity index (χ0v) is 11.4. The maximum atomic E-state index is 12.6. The zero-order valence-electron chi connectivity index (χ0n) is 11.4. The molecule has 0 amide bonds. The fraction of sp³-hybridized carbons (Fsp3) is 0.125. The number of phenolic OH excluding ortho intramolecular Hbond substituents is 2. The summed E-state index contributed by atoms with van der Waals surface area (Å²) in [5, 5.41) is 19.8. The largest absolute Gasteiger partial charge is 0.507 e. The molecule has 0 atom stereocenters. The number of aromatic hydroxyl groups is 2. The quantitative estimate of drug-likeness (QED) is 0.715. The van der Waals surface area contributed by atoms with Crippen molar-refractivity contribution < 1.29 is 24.5 Å². The molecule has 106 valence electrons. The minimum atomic E-state index is -0.537. The number of rotatable bonds is 1. The lowest BCUT2D eigenvalue weighted by molar-refractivity contribution is 0.0973. The molecule has 1 aliphatic rings. The van der Waals surface area contributed by atoms with Gasteiger partial charge in [-0.25, -0.2) is 0 Å². The number of hydrogen-bond acceptors (Lipinski definition) is 5. The Morgan fingerprint density at radius 2 is 1.62 bits per heavy atom. The maximum Gasteiger partial charge on any atom is 0.202 e.